The van der Waals surface area contributed by atoms with Gasteiger partial charge in [0.1, 0.15) is 0 Å². The van der Waals surface area contributed by atoms with E-state index in [0.29, 0.717) is 12.8 Å². The molecule has 2 amide bonds. The molecule has 2 rings (SSSR count). The fourth-order valence-corrected chi connectivity index (χ4v) is 4.23. The number of H-pyrrole nitrogens is 1. The Balaban J connectivity index is 1.48. The zero-order valence-corrected chi connectivity index (χ0v) is 20.0. The van der Waals surface area contributed by atoms with Crippen molar-refractivity contribution in [2.75, 3.05) is 0 Å². The topological polar surface area (TPSA) is 88.0 Å². The molecule has 1 atom stereocenters. The van der Waals surface area contributed by atoms with Crippen LogP contribution in [0.1, 0.15) is 102 Å². The zero-order chi connectivity index (χ0) is 23.0. The fourth-order valence-electron chi connectivity index (χ4n) is 4.23. The van der Waals surface area contributed by atoms with Gasteiger partial charge in [-0.1, -0.05) is 102 Å². The van der Waals surface area contributed by atoms with Gasteiger partial charge in [-0.25, -0.2) is 0 Å². The van der Waals surface area contributed by atoms with Crippen molar-refractivity contribution >= 4 is 22.7 Å². The van der Waals surface area contributed by atoms with Crippen LogP contribution in [0.2, 0.25) is 0 Å². The smallest absolute Gasteiger partial charge is 0.243 e. The fraction of sp³-hybridized carbons (Fsp3) is 0.630. The van der Waals surface area contributed by atoms with Crippen molar-refractivity contribution in [3.05, 3.63) is 36.0 Å². The molecule has 0 saturated heterocycles. The van der Waals surface area contributed by atoms with Gasteiger partial charge < -0.3 is 10.7 Å². The van der Waals surface area contributed by atoms with E-state index in [1.54, 1.807) is 0 Å². The lowest BCUT2D eigenvalue weighted by atomic mass is 10.0. The predicted octanol–water partition coefficient (Wildman–Crippen LogP) is 6.16. The summed E-state index contributed by atoms with van der Waals surface area (Å²) in [6, 6.07) is 7.19. The molecule has 4 N–H and O–H groups in total. The van der Waals surface area contributed by atoms with Crippen molar-refractivity contribution in [3.8, 4) is 0 Å². The highest BCUT2D eigenvalue weighted by Crippen LogP contribution is 2.19. The van der Waals surface area contributed by atoms with E-state index < -0.39 is 11.9 Å². The number of carbonyl (C=O) groups is 2. The zero-order valence-electron chi connectivity index (χ0n) is 20.0. The molecule has 0 fully saturated rings. The van der Waals surface area contributed by atoms with Crippen molar-refractivity contribution in [2.45, 2.75) is 109 Å². The Bertz CT molecular complexity index is 799. The highest BCUT2D eigenvalue weighted by atomic mass is 16.2. The van der Waals surface area contributed by atoms with Crippen LogP contribution in [-0.2, 0) is 16.0 Å². The predicted molar refractivity (Wildman–Crippen MR) is 133 cm³/mol. The van der Waals surface area contributed by atoms with Crippen LogP contribution in [-0.4, -0.2) is 22.8 Å². The second-order valence-corrected chi connectivity index (χ2v) is 9.08. The van der Waals surface area contributed by atoms with Crippen molar-refractivity contribution in [2.24, 2.45) is 5.73 Å². The lowest BCUT2D eigenvalue weighted by Crippen LogP contribution is -2.44. The van der Waals surface area contributed by atoms with Crippen molar-refractivity contribution in [3.63, 3.8) is 0 Å². The lowest BCUT2D eigenvalue weighted by Gasteiger charge is -2.11. The second-order valence-electron chi connectivity index (χ2n) is 9.08. The molecule has 32 heavy (non-hydrogen) atoms. The quantitative estimate of drug-likeness (QED) is 0.257. The number of aromatic amines is 1. The van der Waals surface area contributed by atoms with Crippen LogP contribution in [0.4, 0.5) is 0 Å². The molecule has 0 aliphatic heterocycles. The van der Waals surface area contributed by atoms with Gasteiger partial charge >= 0.3 is 0 Å². The normalized spacial score (nSPS) is 12.2. The van der Waals surface area contributed by atoms with E-state index in [0.717, 1.165) is 35.7 Å². The maximum atomic E-state index is 12.3. The highest BCUT2D eigenvalue weighted by molar-refractivity contribution is 5.98. The molecule has 0 radical (unpaired) electrons. The monoisotopic (exact) mass is 441 g/mol. The Labute approximate surface area is 193 Å². The summed E-state index contributed by atoms with van der Waals surface area (Å²) < 4.78 is 0. The molecule has 0 spiro atoms. The molecule has 178 valence electrons. The number of para-hydroxylation sites is 1. The van der Waals surface area contributed by atoms with Crippen LogP contribution >= 0.6 is 0 Å². The first-order chi connectivity index (χ1) is 15.6. The molecular formula is C27H43N3O2. The van der Waals surface area contributed by atoms with Gasteiger partial charge in [-0.2, -0.15) is 0 Å². The number of amides is 2. The summed E-state index contributed by atoms with van der Waals surface area (Å²) in [6.07, 6.45) is 19.2. The van der Waals surface area contributed by atoms with E-state index in [-0.39, 0.29) is 5.91 Å². The number of hydrogen-bond donors (Lipinski definition) is 3. The van der Waals surface area contributed by atoms with Gasteiger partial charge in [-0.15, -0.1) is 0 Å². The Hall–Kier alpha value is -2.14. The van der Waals surface area contributed by atoms with E-state index in [9.17, 15) is 9.59 Å². The van der Waals surface area contributed by atoms with Crippen LogP contribution in [0.15, 0.2) is 30.5 Å². The summed E-state index contributed by atoms with van der Waals surface area (Å²) in [7, 11) is 0. The van der Waals surface area contributed by atoms with Gasteiger partial charge in [0.2, 0.25) is 11.8 Å². The van der Waals surface area contributed by atoms with Crippen LogP contribution in [0.5, 0.6) is 0 Å². The van der Waals surface area contributed by atoms with Crippen LogP contribution in [0, 0.1) is 0 Å². The first-order valence-corrected chi connectivity index (χ1v) is 12.8. The van der Waals surface area contributed by atoms with E-state index in [2.05, 4.69) is 17.2 Å². The lowest BCUT2D eigenvalue weighted by molar-refractivity contribution is -0.131. The van der Waals surface area contributed by atoms with E-state index in [1.807, 2.05) is 30.5 Å². The van der Waals surface area contributed by atoms with Crippen molar-refractivity contribution in [1.82, 2.24) is 10.3 Å². The summed E-state index contributed by atoms with van der Waals surface area (Å²) in [5.41, 5.74) is 8.06. The minimum absolute atomic E-state index is 0.215. The maximum absolute atomic E-state index is 12.3. The molecule has 2 aromatic rings. The highest BCUT2D eigenvalue weighted by Gasteiger charge is 2.18. The van der Waals surface area contributed by atoms with Gasteiger partial charge in [-0.05, 0) is 24.5 Å². The molecule has 0 unspecified atom stereocenters. The minimum atomic E-state index is -0.732. The van der Waals surface area contributed by atoms with E-state index in [1.165, 1.54) is 64.2 Å². The van der Waals surface area contributed by atoms with Crippen LogP contribution in [0.25, 0.3) is 10.9 Å². The van der Waals surface area contributed by atoms with Crippen LogP contribution < -0.4 is 11.1 Å². The first-order valence-electron chi connectivity index (χ1n) is 12.8. The van der Waals surface area contributed by atoms with Gasteiger partial charge in [0.15, 0.2) is 0 Å². The molecule has 0 aliphatic carbocycles. The number of benzene rings is 1. The van der Waals surface area contributed by atoms with E-state index in [4.69, 9.17) is 5.73 Å². The number of nitrogens with two attached hydrogens (primary N) is 1. The third kappa shape index (κ3) is 9.99. The third-order valence-corrected chi connectivity index (χ3v) is 6.22. The summed E-state index contributed by atoms with van der Waals surface area (Å²) in [5.74, 6) is -0.609. The molecule has 0 saturated carbocycles. The molecular weight excluding hydrogens is 398 g/mol. The number of rotatable bonds is 17. The van der Waals surface area contributed by atoms with E-state index >= 15 is 0 Å². The van der Waals surface area contributed by atoms with Gasteiger partial charge in [0.25, 0.3) is 0 Å². The standard InChI is InChI=1S/C27H43N3O2/c1-2-3-4-5-6-7-8-9-10-11-12-13-14-19-26(31)30-27(32)24(28)20-22-21-29-25-18-16-15-17-23(22)25/h15-18,21,24,29H,2-14,19-20,28H2,1H3,(H,30,31,32)/t24-/m0/s1. The summed E-state index contributed by atoms with van der Waals surface area (Å²) in [4.78, 5) is 27.5. The number of hydrogen-bond acceptors (Lipinski definition) is 3. The molecule has 5 heteroatoms. The van der Waals surface area contributed by atoms with Crippen molar-refractivity contribution < 1.29 is 9.59 Å². The SMILES string of the molecule is CCCCCCCCCCCCCCCC(=O)NC(=O)[C@@H](N)Cc1c[nH]c2ccccc12. The number of unbranched alkanes of at least 4 members (excludes halogenated alkanes) is 12. The Morgan fingerprint density at radius 3 is 2.06 bits per heavy atom. The number of nitrogens with one attached hydrogen (secondary N) is 2. The Kier molecular flexibility index (Phi) is 12.8. The average molecular weight is 442 g/mol. The molecule has 0 aliphatic rings. The van der Waals surface area contributed by atoms with Gasteiger partial charge in [0, 0.05) is 23.5 Å². The maximum Gasteiger partial charge on any atom is 0.243 e. The molecule has 0 bridgehead atoms. The second kappa shape index (κ2) is 15.6. The Morgan fingerprint density at radius 1 is 0.875 bits per heavy atom. The summed E-state index contributed by atoms with van der Waals surface area (Å²) in [6.45, 7) is 2.26. The molecule has 1 aromatic carbocycles. The molecule has 1 heterocycles. The number of aromatic nitrogens is 1. The summed E-state index contributed by atoms with van der Waals surface area (Å²) in [5, 5.41) is 3.53. The number of fused-ring (bicyclic) bond motifs is 1. The number of imide groups is 1. The third-order valence-electron chi connectivity index (χ3n) is 6.22. The number of carbonyl (C=O) groups excluding carboxylic acids is 2. The first kappa shape index (κ1) is 26.1. The van der Waals surface area contributed by atoms with Crippen LogP contribution in [0.3, 0.4) is 0 Å². The Morgan fingerprint density at radius 2 is 1.44 bits per heavy atom. The minimum Gasteiger partial charge on any atom is -0.361 e. The average Bonchev–Trinajstić information content (AvgIpc) is 3.19. The van der Waals surface area contributed by atoms with Crippen molar-refractivity contribution in [1.29, 1.82) is 0 Å². The molecule has 1 aromatic heterocycles. The van der Waals surface area contributed by atoms with Gasteiger partial charge in [0.05, 0.1) is 6.04 Å². The summed E-state index contributed by atoms with van der Waals surface area (Å²) >= 11 is 0. The van der Waals surface area contributed by atoms with Gasteiger partial charge in [-0.3, -0.25) is 14.9 Å². The largest absolute Gasteiger partial charge is 0.361 e. The molecule has 5 nitrogen and oxygen atoms in total.